The molecule has 2 amide bonds. The highest BCUT2D eigenvalue weighted by molar-refractivity contribution is 7.99. The highest BCUT2D eigenvalue weighted by Crippen LogP contribution is 2.25. The van der Waals surface area contributed by atoms with Crippen molar-refractivity contribution in [1.29, 1.82) is 0 Å². The van der Waals surface area contributed by atoms with E-state index in [0.717, 1.165) is 0 Å². The van der Waals surface area contributed by atoms with Crippen LogP contribution in [-0.4, -0.2) is 65.3 Å². The van der Waals surface area contributed by atoms with E-state index in [0.29, 0.717) is 54.1 Å². The molecule has 0 atom stereocenters. The molecule has 7 nitrogen and oxygen atoms in total. The van der Waals surface area contributed by atoms with Crippen molar-refractivity contribution in [3.05, 3.63) is 23.2 Å². The number of carbonyl (C=O) groups is 2. The van der Waals surface area contributed by atoms with Gasteiger partial charge in [0.1, 0.15) is 5.52 Å². The quantitative estimate of drug-likeness (QED) is 0.755. The van der Waals surface area contributed by atoms with Gasteiger partial charge in [0, 0.05) is 37.3 Å². The number of hydrogen-bond donors (Lipinski definition) is 0. The highest BCUT2D eigenvalue weighted by Gasteiger charge is 2.25. The fourth-order valence-corrected chi connectivity index (χ4v) is 3.41. The van der Waals surface area contributed by atoms with Crippen molar-refractivity contribution >= 4 is 46.5 Å². The Morgan fingerprint density at radius 3 is 2.72 bits per heavy atom. The number of piperazine rings is 1. The molecule has 25 heavy (non-hydrogen) atoms. The molecule has 1 aromatic carbocycles. The van der Waals surface area contributed by atoms with Crippen LogP contribution in [0.3, 0.4) is 0 Å². The van der Waals surface area contributed by atoms with Gasteiger partial charge in [0.05, 0.1) is 12.4 Å². The van der Waals surface area contributed by atoms with Gasteiger partial charge in [-0.15, -0.1) is 0 Å². The summed E-state index contributed by atoms with van der Waals surface area (Å²) in [6.45, 7) is 4.09. The van der Waals surface area contributed by atoms with Crippen LogP contribution in [0.4, 0.5) is 4.79 Å². The van der Waals surface area contributed by atoms with Gasteiger partial charge >= 0.3 is 6.09 Å². The van der Waals surface area contributed by atoms with Crippen LogP contribution in [0, 0.1) is 0 Å². The Labute approximate surface area is 154 Å². The van der Waals surface area contributed by atoms with E-state index in [-0.39, 0.29) is 17.8 Å². The van der Waals surface area contributed by atoms with Crippen molar-refractivity contribution < 1.29 is 18.7 Å². The molecule has 0 bridgehead atoms. The zero-order valence-corrected chi connectivity index (χ0v) is 15.3. The summed E-state index contributed by atoms with van der Waals surface area (Å²) in [7, 11) is 0. The fourth-order valence-electron chi connectivity index (χ4n) is 2.51. The van der Waals surface area contributed by atoms with Gasteiger partial charge in [-0.2, -0.15) is 0 Å². The molecular formula is C16H18ClN3O4S. The molecule has 1 saturated heterocycles. The number of ether oxygens (including phenoxy) is 1. The van der Waals surface area contributed by atoms with Gasteiger partial charge < -0.3 is 19.0 Å². The molecule has 2 heterocycles. The van der Waals surface area contributed by atoms with Gasteiger partial charge in [0.25, 0.3) is 5.22 Å². The van der Waals surface area contributed by atoms with E-state index in [1.54, 1.807) is 34.9 Å². The van der Waals surface area contributed by atoms with Crippen molar-refractivity contribution in [2.24, 2.45) is 0 Å². The number of rotatable bonds is 4. The van der Waals surface area contributed by atoms with E-state index in [1.165, 1.54) is 11.8 Å². The van der Waals surface area contributed by atoms with Crippen LogP contribution in [0.2, 0.25) is 5.02 Å². The molecule has 0 saturated carbocycles. The lowest BCUT2D eigenvalue weighted by Gasteiger charge is -2.33. The molecule has 3 rings (SSSR count). The normalized spacial score (nSPS) is 14.8. The lowest BCUT2D eigenvalue weighted by atomic mass is 10.3. The molecule has 1 aromatic heterocycles. The number of hydrogen-bond acceptors (Lipinski definition) is 6. The third-order valence-corrected chi connectivity index (χ3v) is 4.86. The van der Waals surface area contributed by atoms with Crippen molar-refractivity contribution in [2.45, 2.75) is 12.1 Å². The molecule has 1 fully saturated rings. The minimum atomic E-state index is -0.325. The topological polar surface area (TPSA) is 75.9 Å². The van der Waals surface area contributed by atoms with Crippen LogP contribution in [0.5, 0.6) is 0 Å². The Morgan fingerprint density at radius 1 is 1.28 bits per heavy atom. The first-order valence-corrected chi connectivity index (χ1v) is 9.31. The first-order chi connectivity index (χ1) is 12.1. The summed E-state index contributed by atoms with van der Waals surface area (Å²) in [5.41, 5.74) is 1.31. The third-order valence-electron chi connectivity index (χ3n) is 3.81. The van der Waals surface area contributed by atoms with Crippen LogP contribution in [0.1, 0.15) is 6.92 Å². The Balaban J connectivity index is 1.50. The van der Waals surface area contributed by atoms with Crippen LogP contribution in [0.25, 0.3) is 11.1 Å². The number of thioether (sulfide) groups is 1. The van der Waals surface area contributed by atoms with E-state index < -0.39 is 0 Å². The number of aromatic nitrogens is 1. The molecule has 9 heteroatoms. The zero-order valence-electron chi connectivity index (χ0n) is 13.7. The van der Waals surface area contributed by atoms with Gasteiger partial charge in [0.2, 0.25) is 5.91 Å². The summed E-state index contributed by atoms with van der Waals surface area (Å²) in [5, 5.41) is 1.02. The van der Waals surface area contributed by atoms with Crippen LogP contribution in [0.15, 0.2) is 27.8 Å². The minimum absolute atomic E-state index is 0.00574. The number of oxazole rings is 1. The molecule has 0 radical (unpaired) electrons. The van der Waals surface area contributed by atoms with Crippen molar-refractivity contribution in [2.75, 3.05) is 38.5 Å². The zero-order chi connectivity index (χ0) is 17.8. The summed E-state index contributed by atoms with van der Waals surface area (Å²) >= 11 is 7.17. The van der Waals surface area contributed by atoms with Gasteiger partial charge in [-0.3, -0.25) is 4.79 Å². The van der Waals surface area contributed by atoms with Gasteiger partial charge in [-0.1, -0.05) is 23.4 Å². The molecule has 1 aliphatic heterocycles. The second-order valence-corrected chi connectivity index (χ2v) is 6.81. The third kappa shape index (κ3) is 4.38. The highest BCUT2D eigenvalue weighted by atomic mass is 35.5. The Hall–Kier alpha value is -1.93. The van der Waals surface area contributed by atoms with Gasteiger partial charge in [0.15, 0.2) is 5.58 Å². The number of carbonyl (C=O) groups excluding carboxylic acids is 2. The van der Waals surface area contributed by atoms with E-state index in [9.17, 15) is 9.59 Å². The number of nitrogens with zero attached hydrogens (tertiary/aromatic N) is 3. The van der Waals surface area contributed by atoms with Crippen LogP contribution in [-0.2, 0) is 9.53 Å². The summed E-state index contributed by atoms with van der Waals surface area (Å²) in [5.74, 6) is 0.230. The van der Waals surface area contributed by atoms with E-state index in [4.69, 9.17) is 20.8 Å². The SMILES string of the molecule is CCOC(=O)N1CCN(C(=O)CSc2nc3ccc(Cl)cc3o2)CC1. The lowest BCUT2D eigenvalue weighted by Crippen LogP contribution is -2.51. The standard InChI is InChI=1S/C16H18ClN3O4S/c1-2-23-16(22)20-7-5-19(6-8-20)14(21)10-25-15-18-12-4-3-11(17)9-13(12)24-15/h3-4,9H,2,5-8,10H2,1H3. The number of benzene rings is 1. The molecule has 0 unspecified atom stereocenters. The number of halogens is 1. The second kappa shape index (κ2) is 7.97. The predicted molar refractivity (Wildman–Crippen MR) is 94.9 cm³/mol. The van der Waals surface area contributed by atoms with Crippen molar-refractivity contribution in [3.8, 4) is 0 Å². The van der Waals surface area contributed by atoms with Crippen LogP contribution < -0.4 is 0 Å². The average Bonchev–Trinajstić information content (AvgIpc) is 3.02. The first-order valence-electron chi connectivity index (χ1n) is 7.95. The van der Waals surface area contributed by atoms with Crippen LogP contribution >= 0.6 is 23.4 Å². The maximum Gasteiger partial charge on any atom is 0.409 e. The Bertz CT molecular complexity index is 774. The van der Waals surface area contributed by atoms with Gasteiger partial charge in [-0.05, 0) is 19.1 Å². The maximum absolute atomic E-state index is 12.3. The molecule has 0 spiro atoms. The van der Waals surface area contributed by atoms with Crippen molar-refractivity contribution in [3.63, 3.8) is 0 Å². The summed E-state index contributed by atoms with van der Waals surface area (Å²) in [4.78, 5) is 31.7. The molecule has 0 aliphatic carbocycles. The average molecular weight is 384 g/mol. The summed E-state index contributed by atoms with van der Waals surface area (Å²) in [6, 6.07) is 5.22. The van der Waals surface area contributed by atoms with E-state index in [1.807, 2.05) is 0 Å². The van der Waals surface area contributed by atoms with Crippen molar-refractivity contribution in [1.82, 2.24) is 14.8 Å². The molecule has 1 aliphatic rings. The molecule has 2 aromatic rings. The predicted octanol–water partition coefficient (Wildman–Crippen LogP) is 2.87. The smallest absolute Gasteiger partial charge is 0.409 e. The number of fused-ring (bicyclic) bond motifs is 1. The monoisotopic (exact) mass is 383 g/mol. The first kappa shape index (κ1) is 17.9. The molecular weight excluding hydrogens is 366 g/mol. The van der Waals surface area contributed by atoms with E-state index >= 15 is 0 Å². The van der Waals surface area contributed by atoms with E-state index in [2.05, 4.69) is 4.98 Å². The lowest BCUT2D eigenvalue weighted by molar-refractivity contribution is -0.129. The van der Waals surface area contributed by atoms with Gasteiger partial charge in [-0.25, -0.2) is 9.78 Å². The Kier molecular flexibility index (Phi) is 5.70. The summed E-state index contributed by atoms with van der Waals surface area (Å²) < 4.78 is 10.6. The minimum Gasteiger partial charge on any atom is -0.450 e. The second-order valence-electron chi connectivity index (χ2n) is 5.45. The molecule has 134 valence electrons. The Morgan fingerprint density at radius 2 is 2.00 bits per heavy atom. The molecule has 0 N–H and O–H groups in total. The fraction of sp³-hybridized carbons (Fsp3) is 0.438. The maximum atomic E-state index is 12.3. The number of amides is 2. The largest absolute Gasteiger partial charge is 0.450 e. The summed E-state index contributed by atoms with van der Waals surface area (Å²) in [6.07, 6.45) is -0.325.